The molecule has 3 aromatic rings. The molecule has 0 N–H and O–H groups in total. The first kappa shape index (κ1) is 19.8. The summed E-state index contributed by atoms with van der Waals surface area (Å²) in [5.74, 6) is 1.60. The highest BCUT2D eigenvalue weighted by atomic mass is 16.4. The smallest absolute Gasteiger partial charge is 0.253 e. The molecular formula is C24H24N4O2. The van der Waals surface area contributed by atoms with Crippen molar-refractivity contribution in [2.45, 2.75) is 44.6 Å². The van der Waals surface area contributed by atoms with Crippen LogP contribution in [0.2, 0.25) is 0 Å². The number of rotatable bonds is 5. The monoisotopic (exact) mass is 400 g/mol. The summed E-state index contributed by atoms with van der Waals surface area (Å²) in [4.78, 5) is 14.8. The van der Waals surface area contributed by atoms with E-state index in [1.807, 2.05) is 55.3 Å². The molecule has 1 aliphatic carbocycles. The van der Waals surface area contributed by atoms with Crippen LogP contribution in [0.4, 0.5) is 0 Å². The highest BCUT2D eigenvalue weighted by molar-refractivity contribution is 5.94. The zero-order chi connectivity index (χ0) is 21.1. The van der Waals surface area contributed by atoms with E-state index in [-0.39, 0.29) is 17.9 Å². The Labute approximate surface area is 176 Å². The number of hydrogen-bond donors (Lipinski definition) is 0. The van der Waals surface area contributed by atoms with Crippen molar-refractivity contribution in [1.29, 1.82) is 5.26 Å². The molecule has 1 saturated carbocycles. The number of carbonyl (C=O) groups is 1. The zero-order valence-electron chi connectivity index (χ0n) is 17.2. The molecule has 1 amide bonds. The maximum Gasteiger partial charge on any atom is 0.253 e. The van der Waals surface area contributed by atoms with Gasteiger partial charge in [-0.25, -0.2) is 0 Å². The van der Waals surface area contributed by atoms with Crippen molar-refractivity contribution in [1.82, 2.24) is 15.1 Å². The van der Waals surface area contributed by atoms with Gasteiger partial charge >= 0.3 is 0 Å². The standard InChI is InChI=1S/C24H24N4O2/c1-3-22-26-27-23(30-22)20-12-13-21(14-20)28(2)24(29)19-10-8-18(9-11-19)17-6-4-16(15-25)5-7-17/h4-11,20-21H,3,12-14H2,1-2H3/t20-,21+/m0/s1. The molecule has 1 fully saturated rings. The summed E-state index contributed by atoms with van der Waals surface area (Å²) in [5.41, 5.74) is 3.34. The number of nitriles is 1. The van der Waals surface area contributed by atoms with Gasteiger partial charge in [-0.1, -0.05) is 31.2 Å². The van der Waals surface area contributed by atoms with Gasteiger partial charge < -0.3 is 9.32 Å². The van der Waals surface area contributed by atoms with Crippen LogP contribution in [0.25, 0.3) is 11.1 Å². The van der Waals surface area contributed by atoms with Gasteiger partial charge in [-0.15, -0.1) is 10.2 Å². The third-order valence-corrected chi connectivity index (χ3v) is 5.89. The number of nitrogens with zero attached hydrogens (tertiary/aromatic N) is 4. The number of aryl methyl sites for hydroxylation is 1. The molecule has 0 radical (unpaired) electrons. The summed E-state index contributed by atoms with van der Waals surface area (Å²) in [7, 11) is 1.87. The number of amides is 1. The molecule has 0 aliphatic heterocycles. The average Bonchev–Trinajstić information content (AvgIpc) is 3.48. The molecule has 30 heavy (non-hydrogen) atoms. The lowest BCUT2D eigenvalue weighted by Crippen LogP contribution is -2.35. The second-order valence-electron chi connectivity index (χ2n) is 7.73. The van der Waals surface area contributed by atoms with Gasteiger partial charge in [0.1, 0.15) is 0 Å². The van der Waals surface area contributed by atoms with Crippen LogP contribution in [0.15, 0.2) is 52.9 Å². The fourth-order valence-electron chi connectivity index (χ4n) is 4.02. The quantitative estimate of drug-likeness (QED) is 0.626. The molecule has 4 rings (SSSR count). The van der Waals surface area contributed by atoms with Gasteiger partial charge in [0.2, 0.25) is 11.8 Å². The zero-order valence-corrected chi connectivity index (χ0v) is 17.2. The largest absolute Gasteiger partial charge is 0.425 e. The maximum atomic E-state index is 13.0. The summed E-state index contributed by atoms with van der Waals surface area (Å²) in [6.07, 6.45) is 3.46. The van der Waals surface area contributed by atoms with E-state index < -0.39 is 0 Å². The number of aromatic nitrogens is 2. The Morgan fingerprint density at radius 3 is 2.37 bits per heavy atom. The molecule has 6 nitrogen and oxygen atoms in total. The van der Waals surface area contributed by atoms with Gasteiger partial charge in [0.15, 0.2) is 0 Å². The Morgan fingerprint density at radius 2 is 1.77 bits per heavy atom. The highest BCUT2D eigenvalue weighted by Crippen LogP contribution is 2.36. The molecule has 1 heterocycles. The summed E-state index contributed by atoms with van der Waals surface area (Å²) < 4.78 is 5.72. The van der Waals surface area contributed by atoms with Crippen LogP contribution >= 0.6 is 0 Å². The predicted molar refractivity (Wildman–Crippen MR) is 113 cm³/mol. The van der Waals surface area contributed by atoms with Gasteiger partial charge in [0, 0.05) is 31.0 Å². The van der Waals surface area contributed by atoms with Crippen molar-refractivity contribution < 1.29 is 9.21 Å². The second kappa shape index (κ2) is 8.50. The molecule has 1 aliphatic rings. The van der Waals surface area contributed by atoms with Gasteiger partial charge in [-0.3, -0.25) is 4.79 Å². The van der Waals surface area contributed by atoms with Gasteiger partial charge in [-0.05, 0) is 54.7 Å². The number of benzene rings is 2. The molecule has 0 bridgehead atoms. The Kier molecular flexibility index (Phi) is 5.62. The SMILES string of the molecule is CCc1nnc([C@H]2CC[C@@H](N(C)C(=O)c3ccc(-c4ccc(C#N)cc4)cc3)C2)o1. The molecular weight excluding hydrogens is 376 g/mol. The molecule has 152 valence electrons. The lowest BCUT2D eigenvalue weighted by molar-refractivity contribution is 0.0733. The topological polar surface area (TPSA) is 83.0 Å². The van der Waals surface area contributed by atoms with E-state index in [1.165, 1.54) is 0 Å². The fraction of sp³-hybridized carbons (Fsp3) is 0.333. The summed E-state index contributed by atoms with van der Waals surface area (Å²) >= 11 is 0. The van der Waals surface area contributed by atoms with Gasteiger partial charge in [0.05, 0.1) is 11.6 Å². The molecule has 2 aromatic carbocycles. The minimum Gasteiger partial charge on any atom is -0.425 e. The molecule has 0 unspecified atom stereocenters. The Hall–Kier alpha value is -3.46. The first-order chi connectivity index (χ1) is 14.6. The number of hydrogen-bond acceptors (Lipinski definition) is 5. The van der Waals surface area contributed by atoms with Gasteiger partial charge in [0.25, 0.3) is 5.91 Å². The summed E-state index contributed by atoms with van der Waals surface area (Å²) in [5, 5.41) is 17.2. The molecule has 6 heteroatoms. The van der Waals surface area contributed by atoms with Crippen LogP contribution in [-0.2, 0) is 6.42 Å². The van der Waals surface area contributed by atoms with Crippen molar-refractivity contribution in [3.63, 3.8) is 0 Å². The first-order valence-electron chi connectivity index (χ1n) is 10.3. The lowest BCUT2D eigenvalue weighted by Gasteiger charge is -2.24. The van der Waals surface area contributed by atoms with E-state index in [2.05, 4.69) is 16.3 Å². The lowest BCUT2D eigenvalue weighted by atomic mass is 10.0. The van der Waals surface area contributed by atoms with Crippen molar-refractivity contribution in [3.05, 3.63) is 71.4 Å². The van der Waals surface area contributed by atoms with E-state index >= 15 is 0 Å². The average molecular weight is 400 g/mol. The van der Waals surface area contributed by atoms with Crippen molar-refractivity contribution in [2.75, 3.05) is 7.05 Å². The second-order valence-corrected chi connectivity index (χ2v) is 7.73. The Morgan fingerprint density at radius 1 is 1.10 bits per heavy atom. The van der Waals surface area contributed by atoms with Crippen LogP contribution in [0.5, 0.6) is 0 Å². The van der Waals surface area contributed by atoms with E-state index in [0.29, 0.717) is 22.9 Å². The normalized spacial score (nSPS) is 18.2. The van der Waals surface area contributed by atoms with Crippen molar-refractivity contribution in [3.8, 4) is 17.2 Å². The maximum absolute atomic E-state index is 13.0. The Balaban J connectivity index is 1.41. The highest BCUT2D eigenvalue weighted by Gasteiger charge is 2.33. The van der Waals surface area contributed by atoms with E-state index in [0.717, 1.165) is 36.8 Å². The Bertz CT molecular complexity index is 1060. The van der Waals surface area contributed by atoms with Crippen molar-refractivity contribution in [2.24, 2.45) is 0 Å². The first-order valence-corrected chi connectivity index (χ1v) is 10.3. The van der Waals surface area contributed by atoms with Crippen LogP contribution in [0, 0.1) is 11.3 Å². The number of carbonyl (C=O) groups excluding carboxylic acids is 1. The molecule has 2 atom stereocenters. The summed E-state index contributed by atoms with van der Waals surface area (Å²) in [6.45, 7) is 1.99. The molecule has 1 aromatic heterocycles. The molecule has 0 saturated heterocycles. The van der Waals surface area contributed by atoms with Crippen LogP contribution in [0.3, 0.4) is 0 Å². The van der Waals surface area contributed by atoms with Crippen LogP contribution in [0.1, 0.15) is 59.8 Å². The third-order valence-electron chi connectivity index (χ3n) is 5.89. The van der Waals surface area contributed by atoms with Crippen molar-refractivity contribution >= 4 is 5.91 Å². The van der Waals surface area contributed by atoms with E-state index in [9.17, 15) is 4.79 Å². The minimum absolute atomic E-state index is 0.0202. The fourth-order valence-corrected chi connectivity index (χ4v) is 4.02. The minimum atomic E-state index is 0.0202. The van der Waals surface area contributed by atoms with Gasteiger partial charge in [-0.2, -0.15) is 5.26 Å². The third kappa shape index (κ3) is 3.97. The summed E-state index contributed by atoms with van der Waals surface area (Å²) in [6, 6.07) is 17.3. The van der Waals surface area contributed by atoms with Crippen LogP contribution in [-0.4, -0.2) is 34.1 Å². The predicted octanol–water partition coefficient (Wildman–Crippen LogP) is 4.58. The van der Waals surface area contributed by atoms with E-state index in [4.69, 9.17) is 9.68 Å². The molecule has 0 spiro atoms. The van der Waals surface area contributed by atoms with E-state index in [1.54, 1.807) is 12.1 Å². The van der Waals surface area contributed by atoms with Crippen LogP contribution < -0.4 is 0 Å².